The van der Waals surface area contributed by atoms with Gasteiger partial charge in [0.25, 0.3) is 5.91 Å². The van der Waals surface area contributed by atoms with E-state index < -0.39 is 20.7 Å². The molecule has 1 amide bonds. The molecule has 0 saturated heterocycles. The van der Waals surface area contributed by atoms with Crippen molar-refractivity contribution in [2.24, 2.45) is 0 Å². The van der Waals surface area contributed by atoms with Gasteiger partial charge in [-0.1, -0.05) is 48.6 Å². The number of allylic oxidation sites excluding steroid dienone is 3. The zero-order chi connectivity index (χ0) is 21.8. The Morgan fingerprint density at radius 2 is 2.00 bits per heavy atom. The Labute approximate surface area is 176 Å². The quantitative estimate of drug-likeness (QED) is 0.403. The van der Waals surface area contributed by atoms with Crippen LogP contribution in [0.2, 0.25) is 0 Å². The van der Waals surface area contributed by atoms with E-state index in [9.17, 15) is 13.2 Å². The molecule has 1 aliphatic carbocycles. The van der Waals surface area contributed by atoms with Gasteiger partial charge >= 0.3 is 0 Å². The minimum absolute atomic E-state index is 0.320. The maximum absolute atomic E-state index is 13.6. The Morgan fingerprint density at radius 3 is 2.60 bits per heavy atom. The first-order valence-electron chi connectivity index (χ1n) is 9.42. The van der Waals surface area contributed by atoms with E-state index >= 15 is 0 Å². The first-order valence-corrected chi connectivity index (χ1v) is 10.9. The van der Waals surface area contributed by atoms with Crippen LogP contribution in [0.4, 0.5) is 0 Å². The van der Waals surface area contributed by atoms with Crippen LogP contribution in [-0.4, -0.2) is 53.8 Å². The van der Waals surface area contributed by atoms with E-state index in [1.165, 1.54) is 27.9 Å². The molecule has 0 fully saturated rings. The number of nitrogens with zero attached hydrogens (tertiary/aromatic N) is 2. The lowest BCUT2D eigenvalue weighted by molar-refractivity contribution is -0.124. The van der Waals surface area contributed by atoms with Crippen molar-refractivity contribution in [3.8, 4) is 0 Å². The molecule has 2 N–H and O–H groups in total. The number of nitrogens with one attached hydrogen (secondary N) is 1. The van der Waals surface area contributed by atoms with Crippen molar-refractivity contribution in [2.75, 3.05) is 20.6 Å². The van der Waals surface area contributed by atoms with Gasteiger partial charge in [0.15, 0.2) is 0 Å². The Bertz CT molecular complexity index is 1100. The number of benzene rings is 1. The van der Waals surface area contributed by atoms with Crippen molar-refractivity contribution >= 4 is 27.6 Å². The summed E-state index contributed by atoms with van der Waals surface area (Å²) in [7, 11) is -0.0956. The van der Waals surface area contributed by atoms with Crippen LogP contribution in [0.25, 0.3) is 11.6 Å². The van der Waals surface area contributed by atoms with Gasteiger partial charge in [0.1, 0.15) is 4.75 Å². The number of carbonyl (C=O) groups is 1. The summed E-state index contributed by atoms with van der Waals surface area (Å²) in [6.07, 6.45) is 11.4. The fraction of sp³-hybridized carbons (Fsp3) is 0.227. The zero-order valence-corrected chi connectivity index (χ0v) is 17.7. The molecular weight excluding hydrogens is 402 g/mol. The Kier molecular flexibility index (Phi) is 6.40. The van der Waals surface area contributed by atoms with Crippen molar-refractivity contribution in [1.29, 1.82) is 0 Å². The molecule has 0 saturated carbocycles. The molecule has 1 atom stereocenters. The van der Waals surface area contributed by atoms with E-state index in [0.717, 1.165) is 17.2 Å². The normalized spacial score (nSPS) is 19.3. The van der Waals surface area contributed by atoms with Crippen LogP contribution >= 0.6 is 0 Å². The number of aromatic nitrogens is 1. The summed E-state index contributed by atoms with van der Waals surface area (Å²) in [5.74, 6) is -0.691. The van der Waals surface area contributed by atoms with E-state index in [1.807, 2.05) is 61.5 Å². The van der Waals surface area contributed by atoms with Gasteiger partial charge < -0.3 is 4.90 Å². The molecule has 0 radical (unpaired) electrons. The molecule has 7 nitrogen and oxygen atoms in total. The lowest BCUT2D eigenvalue weighted by Gasteiger charge is -2.34. The summed E-state index contributed by atoms with van der Waals surface area (Å²) >= 11 is 0. The molecule has 1 unspecified atom stereocenters. The molecule has 1 heterocycles. The van der Waals surface area contributed by atoms with Crippen LogP contribution in [-0.2, 0) is 14.8 Å². The van der Waals surface area contributed by atoms with Gasteiger partial charge in [-0.15, -0.1) is 0 Å². The molecule has 1 aliphatic rings. The fourth-order valence-corrected chi connectivity index (χ4v) is 5.35. The van der Waals surface area contributed by atoms with E-state index in [1.54, 1.807) is 12.1 Å². The SMILES string of the molecule is CN(C)CC1(S(=O)(=O)n2ccc(/C=C/C(=O)NO)c2)C=CC(c2ccccc2)=CC1. The van der Waals surface area contributed by atoms with Crippen LogP contribution in [0.1, 0.15) is 17.5 Å². The number of amides is 1. The molecular formula is C22H25N3O4S. The highest BCUT2D eigenvalue weighted by molar-refractivity contribution is 7.91. The Morgan fingerprint density at radius 1 is 1.27 bits per heavy atom. The third-order valence-electron chi connectivity index (χ3n) is 4.94. The topological polar surface area (TPSA) is 91.6 Å². The summed E-state index contributed by atoms with van der Waals surface area (Å²) in [5, 5.41) is 8.57. The molecule has 0 spiro atoms. The van der Waals surface area contributed by atoms with Gasteiger partial charge in [-0.05, 0) is 49.4 Å². The van der Waals surface area contributed by atoms with Crippen molar-refractivity contribution in [3.63, 3.8) is 0 Å². The number of hydrogen-bond acceptors (Lipinski definition) is 5. The standard InChI is InChI=1S/C22H25N3O4S/c1-24(2)17-22(13-10-20(11-14-22)19-6-4-3-5-7-19)30(28,29)25-15-12-18(16-25)8-9-21(26)23-27/h3-13,15-16,27H,14,17H2,1-2H3,(H,23,26)/b9-8+. The van der Waals surface area contributed by atoms with Gasteiger partial charge in [0, 0.05) is 25.0 Å². The summed E-state index contributed by atoms with van der Waals surface area (Å²) in [6, 6.07) is 11.4. The van der Waals surface area contributed by atoms with Crippen molar-refractivity contribution < 1.29 is 18.4 Å². The maximum Gasteiger partial charge on any atom is 0.267 e. The lowest BCUT2D eigenvalue weighted by Crippen LogP contribution is -2.48. The van der Waals surface area contributed by atoms with Gasteiger partial charge in [-0.2, -0.15) is 0 Å². The molecule has 2 aromatic rings. The maximum atomic E-state index is 13.6. The van der Waals surface area contributed by atoms with Gasteiger partial charge in [-0.3, -0.25) is 14.0 Å². The molecule has 8 heteroatoms. The minimum atomic E-state index is -3.79. The molecule has 1 aromatic carbocycles. The van der Waals surface area contributed by atoms with Crippen LogP contribution in [0.3, 0.4) is 0 Å². The summed E-state index contributed by atoms with van der Waals surface area (Å²) in [4.78, 5) is 13.0. The highest BCUT2D eigenvalue weighted by Crippen LogP contribution is 2.34. The molecule has 1 aromatic heterocycles. The zero-order valence-electron chi connectivity index (χ0n) is 16.9. The average molecular weight is 428 g/mol. The van der Waals surface area contributed by atoms with E-state index in [-0.39, 0.29) is 0 Å². The van der Waals surface area contributed by atoms with Crippen molar-refractivity contribution in [2.45, 2.75) is 11.2 Å². The third-order valence-corrected chi connectivity index (χ3v) is 7.19. The highest BCUT2D eigenvalue weighted by Gasteiger charge is 2.43. The molecule has 0 aliphatic heterocycles. The monoisotopic (exact) mass is 427 g/mol. The van der Waals surface area contributed by atoms with E-state index in [4.69, 9.17) is 5.21 Å². The lowest BCUT2D eigenvalue weighted by atomic mass is 9.92. The smallest absolute Gasteiger partial charge is 0.267 e. The fourth-order valence-electron chi connectivity index (χ4n) is 3.49. The van der Waals surface area contributed by atoms with Crippen LogP contribution < -0.4 is 5.48 Å². The third kappa shape index (κ3) is 4.46. The summed E-state index contributed by atoms with van der Waals surface area (Å²) in [5.41, 5.74) is 4.06. The largest absolute Gasteiger partial charge is 0.307 e. The minimum Gasteiger partial charge on any atom is -0.307 e. The van der Waals surface area contributed by atoms with E-state index in [0.29, 0.717) is 18.5 Å². The van der Waals surface area contributed by atoms with Gasteiger partial charge in [0.2, 0.25) is 10.0 Å². The molecule has 0 bridgehead atoms. The first-order chi connectivity index (χ1) is 14.3. The number of hydroxylamine groups is 1. The predicted octanol–water partition coefficient (Wildman–Crippen LogP) is 2.53. The second-order valence-electron chi connectivity index (χ2n) is 7.45. The average Bonchev–Trinajstić information content (AvgIpc) is 3.22. The second-order valence-corrected chi connectivity index (χ2v) is 9.64. The van der Waals surface area contributed by atoms with E-state index in [2.05, 4.69) is 0 Å². The van der Waals surface area contributed by atoms with Crippen molar-refractivity contribution in [3.05, 3.63) is 84.2 Å². The van der Waals surface area contributed by atoms with Crippen LogP contribution in [0, 0.1) is 0 Å². The number of carbonyl (C=O) groups excluding carboxylic acids is 1. The highest BCUT2D eigenvalue weighted by atomic mass is 32.2. The second kappa shape index (κ2) is 8.83. The molecule has 3 rings (SSSR count). The van der Waals surface area contributed by atoms with Gasteiger partial charge in [0.05, 0.1) is 0 Å². The first kappa shape index (κ1) is 21.8. The number of rotatable bonds is 7. The number of hydrogen-bond donors (Lipinski definition) is 2. The summed E-state index contributed by atoms with van der Waals surface area (Å²) in [6.45, 7) is 0.320. The predicted molar refractivity (Wildman–Crippen MR) is 117 cm³/mol. The molecule has 30 heavy (non-hydrogen) atoms. The van der Waals surface area contributed by atoms with Crippen LogP contribution in [0.5, 0.6) is 0 Å². The Hall–Kier alpha value is -2.94. The van der Waals surface area contributed by atoms with Crippen LogP contribution in [0.15, 0.2) is 73.1 Å². The van der Waals surface area contributed by atoms with Gasteiger partial charge in [-0.25, -0.2) is 13.9 Å². The van der Waals surface area contributed by atoms with Crippen molar-refractivity contribution in [1.82, 2.24) is 14.4 Å². The Balaban J connectivity index is 1.94. The summed E-state index contributed by atoms with van der Waals surface area (Å²) < 4.78 is 27.3. The molecule has 158 valence electrons.